The summed E-state index contributed by atoms with van der Waals surface area (Å²) in [6, 6.07) is 0. The maximum atomic E-state index is 11.9. The molecule has 1 rings (SSSR count). The Bertz CT molecular complexity index is 574. The molecular weight excluding hydrogens is 306 g/mol. The molecule has 0 saturated carbocycles. The summed E-state index contributed by atoms with van der Waals surface area (Å²) in [5.41, 5.74) is 0.860. The number of nitrogens with zero attached hydrogens (tertiary/aromatic N) is 3. The third kappa shape index (κ3) is 4.38. The van der Waals surface area contributed by atoms with Crippen molar-refractivity contribution in [2.75, 3.05) is 20.7 Å². The van der Waals surface area contributed by atoms with Crippen LogP contribution in [0, 0.1) is 0 Å². The van der Waals surface area contributed by atoms with Crippen LogP contribution in [0.1, 0.15) is 26.3 Å². The van der Waals surface area contributed by atoms with Gasteiger partial charge in [-0.1, -0.05) is 20.8 Å². The third-order valence-corrected chi connectivity index (χ3v) is 10.1. The predicted molar refractivity (Wildman–Crippen MR) is 87.1 cm³/mol. The molecule has 1 heterocycles. The van der Waals surface area contributed by atoms with Gasteiger partial charge in [0.2, 0.25) is 0 Å². The SMILES string of the molecule is CN(C)S(=O)(=O)n1cc(CCO[Si](C)(C)C(C)(C)C)cn1. The molecule has 0 amide bonds. The normalized spacial score (nSPS) is 13.9. The standard InChI is InChI=1S/C13H27N3O3SSi/c1-13(2,3)21(6,7)19-9-8-12-10-14-16(11-12)20(17,18)15(4)5/h10-11H,8-9H2,1-7H3. The Morgan fingerprint density at radius 1 is 1.33 bits per heavy atom. The van der Waals surface area contributed by atoms with Crippen LogP contribution < -0.4 is 0 Å². The molecule has 0 unspecified atom stereocenters. The fraction of sp³-hybridized carbons (Fsp3) is 0.769. The summed E-state index contributed by atoms with van der Waals surface area (Å²) in [6.45, 7) is 11.6. The Morgan fingerprint density at radius 3 is 2.38 bits per heavy atom. The Balaban J connectivity index is 2.66. The molecule has 0 fully saturated rings. The number of rotatable bonds is 6. The van der Waals surface area contributed by atoms with Crippen molar-refractivity contribution in [3.63, 3.8) is 0 Å². The van der Waals surface area contributed by atoms with Gasteiger partial charge in [0.25, 0.3) is 0 Å². The van der Waals surface area contributed by atoms with E-state index < -0.39 is 18.5 Å². The van der Waals surface area contributed by atoms with E-state index in [4.69, 9.17) is 4.43 Å². The first-order valence-electron chi connectivity index (χ1n) is 6.98. The number of hydrogen-bond acceptors (Lipinski definition) is 4. The minimum atomic E-state index is -3.53. The molecule has 0 aliphatic carbocycles. The fourth-order valence-electron chi connectivity index (χ4n) is 1.40. The number of aromatic nitrogens is 2. The summed E-state index contributed by atoms with van der Waals surface area (Å²) in [4.78, 5) is 0. The average Bonchev–Trinajstić information content (AvgIpc) is 2.76. The lowest BCUT2D eigenvalue weighted by atomic mass is 10.2. The van der Waals surface area contributed by atoms with E-state index in [2.05, 4.69) is 39.0 Å². The van der Waals surface area contributed by atoms with Crippen LogP contribution in [0.25, 0.3) is 0 Å². The third-order valence-electron chi connectivity index (χ3n) is 3.97. The van der Waals surface area contributed by atoms with Crippen molar-refractivity contribution in [1.82, 2.24) is 13.5 Å². The topological polar surface area (TPSA) is 64.4 Å². The summed E-state index contributed by atoms with van der Waals surface area (Å²) >= 11 is 0. The van der Waals surface area contributed by atoms with Crippen molar-refractivity contribution in [2.45, 2.75) is 45.3 Å². The molecule has 0 atom stereocenters. The van der Waals surface area contributed by atoms with Crippen LogP contribution in [0.2, 0.25) is 18.1 Å². The van der Waals surface area contributed by atoms with E-state index in [0.29, 0.717) is 13.0 Å². The first-order valence-corrected chi connectivity index (χ1v) is 11.3. The van der Waals surface area contributed by atoms with Gasteiger partial charge in [-0.05, 0) is 30.1 Å². The van der Waals surface area contributed by atoms with Gasteiger partial charge in [0, 0.05) is 26.9 Å². The molecule has 0 N–H and O–H groups in total. The molecule has 1 aromatic rings. The van der Waals surface area contributed by atoms with E-state index in [1.165, 1.54) is 14.1 Å². The van der Waals surface area contributed by atoms with E-state index in [-0.39, 0.29) is 5.04 Å². The number of hydrogen-bond donors (Lipinski definition) is 0. The minimum absolute atomic E-state index is 0.172. The van der Waals surface area contributed by atoms with Crippen LogP contribution >= 0.6 is 0 Å². The zero-order chi connectivity index (χ0) is 16.5. The van der Waals surface area contributed by atoms with Crippen molar-refractivity contribution in [2.24, 2.45) is 0 Å². The molecule has 0 radical (unpaired) electrons. The summed E-state index contributed by atoms with van der Waals surface area (Å²) < 4.78 is 32.0. The van der Waals surface area contributed by atoms with E-state index in [1.807, 2.05) is 0 Å². The predicted octanol–water partition coefficient (Wildman–Crippen LogP) is 2.10. The quantitative estimate of drug-likeness (QED) is 0.748. The first kappa shape index (κ1) is 18.3. The Morgan fingerprint density at radius 2 is 1.90 bits per heavy atom. The molecule has 21 heavy (non-hydrogen) atoms. The fourth-order valence-corrected chi connectivity index (χ4v) is 3.22. The highest BCUT2D eigenvalue weighted by atomic mass is 32.2. The zero-order valence-corrected chi connectivity index (χ0v) is 15.9. The van der Waals surface area contributed by atoms with Crippen molar-refractivity contribution in [3.8, 4) is 0 Å². The molecular formula is C13H27N3O3SSi. The lowest BCUT2D eigenvalue weighted by Gasteiger charge is -2.36. The maximum Gasteiger partial charge on any atom is 0.322 e. The summed E-state index contributed by atoms with van der Waals surface area (Å²) in [5, 5.41) is 4.09. The molecule has 8 heteroatoms. The molecule has 6 nitrogen and oxygen atoms in total. The second-order valence-corrected chi connectivity index (χ2v) is 13.7. The van der Waals surface area contributed by atoms with Crippen LogP contribution in [0.4, 0.5) is 0 Å². The Labute approximate surface area is 129 Å². The largest absolute Gasteiger partial charge is 0.416 e. The second-order valence-electron chi connectivity index (χ2n) is 6.87. The van der Waals surface area contributed by atoms with Crippen molar-refractivity contribution >= 4 is 18.5 Å². The lowest BCUT2D eigenvalue weighted by Crippen LogP contribution is -2.41. The van der Waals surface area contributed by atoms with Crippen molar-refractivity contribution in [3.05, 3.63) is 18.0 Å². The maximum absolute atomic E-state index is 11.9. The van der Waals surface area contributed by atoms with Gasteiger partial charge in [0.15, 0.2) is 8.32 Å². The molecule has 0 aliphatic rings. The highest BCUT2D eigenvalue weighted by Crippen LogP contribution is 2.36. The average molecular weight is 334 g/mol. The summed E-state index contributed by atoms with van der Waals surface area (Å²) in [5.74, 6) is 0. The van der Waals surface area contributed by atoms with Crippen molar-refractivity contribution < 1.29 is 12.8 Å². The zero-order valence-electron chi connectivity index (χ0n) is 14.0. The van der Waals surface area contributed by atoms with E-state index >= 15 is 0 Å². The van der Waals surface area contributed by atoms with Gasteiger partial charge in [-0.3, -0.25) is 0 Å². The molecule has 0 spiro atoms. The first-order chi connectivity index (χ1) is 9.38. The Kier molecular flexibility index (Phi) is 5.41. The molecule has 0 aromatic carbocycles. The lowest BCUT2D eigenvalue weighted by molar-refractivity contribution is 0.292. The van der Waals surface area contributed by atoms with Crippen LogP contribution in [0.5, 0.6) is 0 Å². The molecule has 0 saturated heterocycles. The summed E-state index contributed by atoms with van der Waals surface area (Å²) in [7, 11) is -2.32. The minimum Gasteiger partial charge on any atom is -0.416 e. The van der Waals surface area contributed by atoms with E-state index in [0.717, 1.165) is 14.0 Å². The molecule has 0 aliphatic heterocycles. The van der Waals surface area contributed by atoms with Gasteiger partial charge in [-0.25, -0.2) is 0 Å². The van der Waals surface area contributed by atoms with E-state index in [1.54, 1.807) is 12.4 Å². The van der Waals surface area contributed by atoms with Crippen molar-refractivity contribution in [1.29, 1.82) is 0 Å². The monoisotopic (exact) mass is 333 g/mol. The van der Waals surface area contributed by atoms with Gasteiger partial charge in [0.05, 0.1) is 6.20 Å². The molecule has 122 valence electrons. The van der Waals surface area contributed by atoms with Crippen LogP contribution in [0.15, 0.2) is 12.4 Å². The highest BCUT2D eigenvalue weighted by molar-refractivity contribution is 7.87. The van der Waals surface area contributed by atoms with Crippen LogP contribution in [-0.4, -0.2) is 50.9 Å². The van der Waals surface area contributed by atoms with Gasteiger partial charge in [-0.15, -0.1) is 0 Å². The van der Waals surface area contributed by atoms with Gasteiger partial charge < -0.3 is 4.43 Å². The molecule has 1 aromatic heterocycles. The van der Waals surface area contributed by atoms with E-state index in [9.17, 15) is 8.42 Å². The van der Waals surface area contributed by atoms with Gasteiger partial charge >= 0.3 is 10.2 Å². The van der Waals surface area contributed by atoms with Crippen LogP contribution in [0.3, 0.4) is 0 Å². The van der Waals surface area contributed by atoms with Gasteiger partial charge in [-0.2, -0.15) is 21.9 Å². The van der Waals surface area contributed by atoms with Gasteiger partial charge in [0.1, 0.15) is 0 Å². The summed E-state index contributed by atoms with van der Waals surface area (Å²) in [6.07, 6.45) is 3.79. The smallest absolute Gasteiger partial charge is 0.322 e. The Hall–Kier alpha value is -0.703. The highest BCUT2D eigenvalue weighted by Gasteiger charge is 2.36. The molecule has 0 bridgehead atoms. The van der Waals surface area contributed by atoms with Crippen LogP contribution in [-0.2, 0) is 21.1 Å². The second kappa shape index (κ2) is 6.19.